The fourth-order valence-corrected chi connectivity index (χ4v) is 2.29. The van der Waals surface area contributed by atoms with E-state index >= 15 is 0 Å². The van der Waals surface area contributed by atoms with Gasteiger partial charge in [-0.3, -0.25) is 4.79 Å². The number of hydrogen-bond acceptors (Lipinski definition) is 2. The highest BCUT2D eigenvalue weighted by Crippen LogP contribution is 2.33. The van der Waals surface area contributed by atoms with Gasteiger partial charge in [0, 0.05) is 5.02 Å². The molecule has 2 rings (SSSR count). The van der Waals surface area contributed by atoms with E-state index in [9.17, 15) is 18.0 Å². The zero-order chi connectivity index (χ0) is 17.9. The minimum Gasteiger partial charge on any atom is -0.483 e. The molecular formula is C16H12Cl2F3NO2. The predicted octanol–water partition coefficient (Wildman–Crippen LogP) is 5.34. The summed E-state index contributed by atoms with van der Waals surface area (Å²) in [5.74, 6) is -0.185. The average molecular weight is 378 g/mol. The van der Waals surface area contributed by atoms with E-state index in [1.54, 1.807) is 25.1 Å². The number of amides is 1. The van der Waals surface area contributed by atoms with Crippen LogP contribution in [0, 0.1) is 6.92 Å². The molecule has 2 aromatic rings. The zero-order valence-corrected chi connectivity index (χ0v) is 13.9. The van der Waals surface area contributed by atoms with Crippen LogP contribution in [-0.2, 0) is 11.0 Å². The van der Waals surface area contributed by atoms with Crippen molar-refractivity contribution >= 4 is 34.8 Å². The number of halogens is 5. The molecule has 0 atom stereocenters. The SMILES string of the molecule is Cc1cc(Cl)ccc1OCC(=O)Nc1cc(C(F)(F)F)ccc1Cl. The highest BCUT2D eigenvalue weighted by atomic mass is 35.5. The van der Waals surface area contributed by atoms with Crippen LogP contribution in [0.1, 0.15) is 11.1 Å². The van der Waals surface area contributed by atoms with E-state index in [4.69, 9.17) is 27.9 Å². The second-order valence-corrected chi connectivity index (χ2v) is 5.78. The van der Waals surface area contributed by atoms with Crippen molar-refractivity contribution in [3.63, 3.8) is 0 Å². The molecule has 0 radical (unpaired) electrons. The Labute approximate surface area is 146 Å². The molecule has 0 aliphatic carbocycles. The molecule has 0 aliphatic heterocycles. The average Bonchev–Trinajstić information content (AvgIpc) is 2.47. The van der Waals surface area contributed by atoms with Gasteiger partial charge in [-0.15, -0.1) is 0 Å². The normalized spacial score (nSPS) is 11.2. The van der Waals surface area contributed by atoms with Crippen molar-refractivity contribution in [3.05, 3.63) is 57.6 Å². The van der Waals surface area contributed by atoms with Crippen LogP contribution in [0.25, 0.3) is 0 Å². The molecule has 128 valence electrons. The number of benzene rings is 2. The van der Waals surface area contributed by atoms with E-state index in [-0.39, 0.29) is 17.3 Å². The van der Waals surface area contributed by atoms with E-state index in [0.29, 0.717) is 10.8 Å². The van der Waals surface area contributed by atoms with Gasteiger partial charge in [0.2, 0.25) is 0 Å². The summed E-state index contributed by atoms with van der Waals surface area (Å²) in [7, 11) is 0. The van der Waals surface area contributed by atoms with Gasteiger partial charge in [-0.05, 0) is 48.9 Å². The highest BCUT2D eigenvalue weighted by molar-refractivity contribution is 6.33. The number of nitrogens with one attached hydrogen (secondary N) is 1. The maximum Gasteiger partial charge on any atom is 0.416 e. The first-order valence-electron chi connectivity index (χ1n) is 6.72. The second-order valence-electron chi connectivity index (χ2n) is 4.94. The quantitative estimate of drug-likeness (QED) is 0.780. The van der Waals surface area contributed by atoms with E-state index in [1.165, 1.54) is 0 Å². The molecule has 1 N–H and O–H groups in total. The number of hydrogen-bond donors (Lipinski definition) is 1. The number of rotatable bonds is 4. The summed E-state index contributed by atoms with van der Waals surface area (Å²) in [6.07, 6.45) is -4.53. The molecule has 3 nitrogen and oxygen atoms in total. The Morgan fingerprint density at radius 2 is 1.88 bits per heavy atom. The van der Waals surface area contributed by atoms with E-state index in [2.05, 4.69) is 5.32 Å². The Morgan fingerprint density at radius 3 is 2.50 bits per heavy atom. The van der Waals surface area contributed by atoms with Crippen molar-refractivity contribution in [3.8, 4) is 5.75 Å². The molecule has 1 amide bonds. The molecular weight excluding hydrogens is 366 g/mol. The third kappa shape index (κ3) is 4.79. The van der Waals surface area contributed by atoms with Crippen LogP contribution < -0.4 is 10.1 Å². The first-order valence-corrected chi connectivity index (χ1v) is 7.48. The Bertz CT molecular complexity index is 763. The topological polar surface area (TPSA) is 38.3 Å². The van der Waals surface area contributed by atoms with Crippen LogP contribution in [0.4, 0.5) is 18.9 Å². The molecule has 8 heteroatoms. The first-order chi connectivity index (χ1) is 11.2. The third-order valence-electron chi connectivity index (χ3n) is 3.06. The summed E-state index contributed by atoms with van der Waals surface area (Å²) in [6, 6.07) is 7.55. The minimum atomic E-state index is -4.53. The largest absolute Gasteiger partial charge is 0.483 e. The van der Waals surface area contributed by atoms with Crippen LogP contribution in [0.5, 0.6) is 5.75 Å². The molecule has 0 bridgehead atoms. The maximum absolute atomic E-state index is 12.7. The Morgan fingerprint density at radius 1 is 1.17 bits per heavy atom. The third-order valence-corrected chi connectivity index (χ3v) is 3.63. The highest BCUT2D eigenvalue weighted by Gasteiger charge is 2.31. The van der Waals surface area contributed by atoms with E-state index in [1.807, 2.05) is 0 Å². The lowest BCUT2D eigenvalue weighted by atomic mass is 10.2. The molecule has 0 spiro atoms. The lowest BCUT2D eigenvalue weighted by Crippen LogP contribution is -2.21. The van der Waals surface area contributed by atoms with Crippen LogP contribution in [-0.4, -0.2) is 12.5 Å². The molecule has 0 saturated heterocycles. The van der Waals surface area contributed by atoms with Crippen molar-refractivity contribution in [1.82, 2.24) is 0 Å². The first kappa shape index (κ1) is 18.4. The summed E-state index contributed by atoms with van der Waals surface area (Å²) in [4.78, 5) is 11.9. The summed E-state index contributed by atoms with van der Waals surface area (Å²) < 4.78 is 43.4. The lowest BCUT2D eigenvalue weighted by Gasteiger charge is -2.13. The number of aryl methyl sites for hydroxylation is 1. The van der Waals surface area contributed by atoms with Crippen molar-refractivity contribution < 1.29 is 22.7 Å². The van der Waals surface area contributed by atoms with Crippen LogP contribution in [0.15, 0.2) is 36.4 Å². The van der Waals surface area contributed by atoms with E-state index < -0.39 is 17.6 Å². The van der Waals surface area contributed by atoms with Gasteiger partial charge in [-0.1, -0.05) is 23.2 Å². The Balaban J connectivity index is 2.04. The van der Waals surface area contributed by atoms with Gasteiger partial charge in [0.1, 0.15) is 5.75 Å². The van der Waals surface area contributed by atoms with Gasteiger partial charge < -0.3 is 10.1 Å². The molecule has 0 aromatic heterocycles. The van der Waals surface area contributed by atoms with Gasteiger partial charge >= 0.3 is 6.18 Å². The lowest BCUT2D eigenvalue weighted by molar-refractivity contribution is -0.137. The second kappa shape index (κ2) is 7.32. The summed E-state index contributed by atoms with van der Waals surface area (Å²) in [6.45, 7) is 1.37. The zero-order valence-electron chi connectivity index (χ0n) is 12.4. The molecule has 0 heterocycles. The minimum absolute atomic E-state index is 0.000904. The number of carbonyl (C=O) groups is 1. The van der Waals surface area contributed by atoms with Gasteiger partial charge in [0.05, 0.1) is 16.3 Å². The molecule has 0 fully saturated rings. The van der Waals surface area contributed by atoms with Crippen molar-refractivity contribution in [2.75, 3.05) is 11.9 Å². The fourth-order valence-electron chi connectivity index (χ4n) is 1.90. The molecule has 2 aromatic carbocycles. The van der Waals surface area contributed by atoms with Crippen LogP contribution >= 0.6 is 23.2 Å². The molecule has 0 unspecified atom stereocenters. The molecule has 24 heavy (non-hydrogen) atoms. The van der Waals surface area contributed by atoms with E-state index in [0.717, 1.165) is 23.8 Å². The number of ether oxygens (including phenoxy) is 1. The van der Waals surface area contributed by atoms with Gasteiger partial charge in [-0.2, -0.15) is 13.2 Å². The van der Waals surface area contributed by atoms with Crippen LogP contribution in [0.3, 0.4) is 0 Å². The predicted molar refractivity (Wildman–Crippen MR) is 86.8 cm³/mol. The number of anilines is 1. The monoisotopic (exact) mass is 377 g/mol. The van der Waals surface area contributed by atoms with Crippen molar-refractivity contribution in [2.45, 2.75) is 13.1 Å². The summed E-state index contributed by atoms with van der Waals surface area (Å²) in [5, 5.41) is 2.83. The fraction of sp³-hybridized carbons (Fsp3) is 0.188. The molecule has 0 aliphatic rings. The number of alkyl halides is 3. The summed E-state index contributed by atoms with van der Waals surface area (Å²) >= 11 is 11.6. The van der Waals surface area contributed by atoms with Crippen molar-refractivity contribution in [2.24, 2.45) is 0 Å². The molecule has 0 saturated carbocycles. The number of carbonyl (C=O) groups excluding carboxylic acids is 1. The standard InChI is InChI=1S/C16H12Cl2F3NO2/c1-9-6-11(17)3-5-14(9)24-8-15(23)22-13-7-10(16(19,20)21)2-4-12(13)18/h2-7H,8H2,1H3,(H,22,23). The van der Waals surface area contributed by atoms with Gasteiger partial charge in [-0.25, -0.2) is 0 Å². The Hall–Kier alpha value is -1.92. The summed E-state index contributed by atoms with van der Waals surface area (Å²) in [5.41, 5.74) is -0.308. The van der Waals surface area contributed by atoms with Gasteiger partial charge in [0.25, 0.3) is 5.91 Å². The smallest absolute Gasteiger partial charge is 0.416 e. The van der Waals surface area contributed by atoms with Crippen molar-refractivity contribution in [1.29, 1.82) is 0 Å². The maximum atomic E-state index is 12.7. The Kier molecular flexibility index (Phi) is 5.62. The van der Waals surface area contributed by atoms with Crippen LogP contribution in [0.2, 0.25) is 10.0 Å². The van der Waals surface area contributed by atoms with Gasteiger partial charge in [0.15, 0.2) is 6.61 Å².